The summed E-state index contributed by atoms with van der Waals surface area (Å²) in [4.78, 5) is 12.9. The molecule has 1 aromatic rings. The van der Waals surface area contributed by atoms with E-state index in [2.05, 4.69) is 18.2 Å². The highest BCUT2D eigenvalue weighted by atomic mass is 32.2. The van der Waals surface area contributed by atoms with Gasteiger partial charge in [0.25, 0.3) is 0 Å². The third-order valence-electron chi connectivity index (χ3n) is 4.08. The number of rotatable bonds is 2. The fourth-order valence-corrected chi connectivity index (χ4v) is 5.54. The molecule has 0 bridgehead atoms. The zero-order chi connectivity index (χ0) is 15.9. The number of thioether (sulfide) groups is 2. The maximum Gasteiger partial charge on any atom is 0.186 e. The lowest BCUT2D eigenvalue weighted by atomic mass is 10.0. The quantitative estimate of drug-likeness (QED) is 0.495. The lowest BCUT2D eigenvalue weighted by Crippen LogP contribution is -2.07. The summed E-state index contributed by atoms with van der Waals surface area (Å²) in [6.45, 7) is 0. The van der Waals surface area contributed by atoms with Crippen LogP contribution in [-0.2, 0) is 4.79 Å². The minimum Gasteiger partial charge on any atom is -0.289 e. The van der Waals surface area contributed by atoms with Crippen LogP contribution in [0.4, 0.5) is 0 Å². The molecule has 1 aromatic carbocycles. The lowest BCUT2D eigenvalue weighted by Gasteiger charge is -2.16. The number of carbonyl (C=O) groups excluding carboxylic acids is 1. The molecule has 1 saturated heterocycles. The van der Waals surface area contributed by atoms with Gasteiger partial charge in [-0.3, -0.25) is 4.79 Å². The number of hydrogen-bond acceptors (Lipinski definition) is 3. The molecule has 0 aromatic heterocycles. The summed E-state index contributed by atoms with van der Waals surface area (Å²) in [6, 6.07) is 10.2. The Bertz CT molecular complexity index is 633. The molecule has 1 heterocycles. The van der Waals surface area contributed by atoms with Crippen LogP contribution in [-0.4, -0.2) is 17.3 Å². The van der Waals surface area contributed by atoms with E-state index in [-0.39, 0.29) is 5.78 Å². The molecule has 0 unspecified atom stereocenters. The van der Waals surface area contributed by atoms with Crippen LogP contribution in [0, 0.1) is 0 Å². The molecule has 0 radical (unpaired) electrons. The summed E-state index contributed by atoms with van der Waals surface area (Å²) in [5, 5.41) is 0. The normalized spacial score (nSPS) is 21.9. The molecule has 23 heavy (non-hydrogen) atoms. The molecule has 120 valence electrons. The van der Waals surface area contributed by atoms with E-state index < -0.39 is 0 Å². The van der Waals surface area contributed by atoms with E-state index in [1.54, 1.807) is 0 Å². The second kappa shape index (κ2) is 8.60. The molecule has 1 saturated carbocycles. The Labute approximate surface area is 147 Å². The van der Waals surface area contributed by atoms with Crippen molar-refractivity contribution < 1.29 is 4.79 Å². The maximum atomic E-state index is 12.9. The van der Waals surface area contributed by atoms with Crippen molar-refractivity contribution in [3.63, 3.8) is 0 Å². The van der Waals surface area contributed by atoms with Gasteiger partial charge in [-0.1, -0.05) is 48.6 Å². The Morgan fingerprint density at radius 1 is 0.913 bits per heavy atom. The summed E-state index contributed by atoms with van der Waals surface area (Å²) in [5.74, 6) is 2.61. The molecule has 0 N–H and O–H groups in total. The van der Waals surface area contributed by atoms with Gasteiger partial charge in [0, 0.05) is 9.81 Å². The van der Waals surface area contributed by atoms with Crippen molar-refractivity contribution >= 4 is 35.4 Å². The Kier molecular flexibility index (Phi) is 6.23. The van der Waals surface area contributed by atoms with Gasteiger partial charge in [-0.25, -0.2) is 0 Å². The highest BCUT2D eigenvalue weighted by molar-refractivity contribution is 8.22. The molecular formula is C20H22OS2. The van der Waals surface area contributed by atoms with E-state index in [1.165, 1.54) is 16.2 Å². The van der Waals surface area contributed by atoms with Gasteiger partial charge in [-0.2, -0.15) is 0 Å². The van der Waals surface area contributed by atoms with Gasteiger partial charge in [-0.15, -0.1) is 23.5 Å². The first-order valence-corrected chi connectivity index (χ1v) is 10.3. The number of benzene rings is 1. The SMILES string of the molecule is O=C1C(=C2SCCCS2)CCCC/C1=C\C=C/c1ccccc1. The number of allylic oxidation sites excluding steroid dienone is 4. The van der Waals surface area contributed by atoms with E-state index >= 15 is 0 Å². The van der Waals surface area contributed by atoms with Gasteiger partial charge < -0.3 is 0 Å². The molecule has 3 heteroatoms. The van der Waals surface area contributed by atoms with Crippen molar-refractivity contribution in [2.24, 2.45) is 0 Å². The van der Waals surface area contributed by atoms with Crippen LogP contribution in [0.5, 0.6) is 0 Å². The lowest BCUT2D eigenvalue weighted by molar-refractivity contribution is -0.112. The molecule has 0 atom stereocenters. The molecule has 1 nitrogen and oxygen atoms in total. The molecule has 2 aliphatic rings. The monoisotopic (exact) mass is 342 g/mol. The van der Waals surface area contributed by atoms with Crippen LogP contribution >= 0.6 is 23.5 Å². The van der Waals surface area contributed by atoms with Crippen molar-refractivity contribution in [3.8, 4) is 0 Å². The molecule has 1 aliphatic carbocycles. The van der Waals surface area contributed by atoms with E-state index in [0.29, 0.717) is 0 Å². The molecular weight excluding hydrogens is 320 g/mol. The Balaban J connectivity index is 1.79. The van der Waals surface area contributed by atoms with Gasteiger partial charge in [0.2, 0.25) is 0 Å². The fourth-order valence-electron chi connectivity index (χ4n) is 2.84. The first-order valence-electron chi connectivity index (χ1n) is 8.30. The van der Waals surface area contributed by atoms with Crippen molar-refractivity contribution in [1.82, 2.24) is 0 Å². The molecule has 1 aliphatic heterocycles. The van der Waals surface area contributed by atoms with E-state index in [1.807, 2.05) is 53.9 Å². The maximum absolute atomic E-state index is 12.9. The second-order valence-electron chi connectivity index (χ2n) is 5.81. The zero-order valence-electron chi connectivity index (χ0n) is 13.3. The Morgan fingerprint density at radius 2 is 1.65 bits per heavy atom. The van der Waals surface area contributed by atoms with Crippen molar-refractivity contribution in [2.45, 2.75) is 32.1 Å². The van der Waals surface area contributed by atoms with Gasteiger partial charge in [0.15, 0.2) is 5.78 Å². The number of Topliss-reactive ketones (excluding diaryl/α,β-unsaturated/α-hetero) is 1. The van der Waals surface area contributed by atoms with Crippen LogP contribution in [0.15, 0.2) is 57.9 Å². The van der Waals surface area contributed by atoms with Crippen LogP contribution in [0.2, 0.25) is 0 Å². The Morgan fingerprint density at radius 3 is 2.43 bits per heavy atom. The van der Waals surface area contributed by atoms with E-state index in [4.69, 9.17) is 0 Å². The topological polar surface area (TPSA) is 17.1 Å². The largest absolute Gasteiger partial charge is 0.289 e. The number of carbonyl (C=O) groups is 1. The smallest absolute Gasteiger partial charge is 0.186 e. The van der Waals surface area contributed by atoms with E-state index in [9.17, 15) is 4.79 Å². The summed E-state index contributed by atoms with van der Waals surface area (Å²) in [7, 11) is 0. The molecule has 0 spiro atoms. The summed E-state index contributed by atoms with van der Waals surface area (Å²) in [6.07, 6.45) is 11.5. The summed E-state index contributed by atoms with van der Waals surface area (Å²) in [5.41, 5.74) is 3.22. The predicted molar refractivity (Wildman–Crippen MR) is 104 cm³/mol. The minimum absolute atomic E-state index is 0.289. The number of hydrogen-bond donors (Lipinski definition) is 0. The van der Waals surface area contributed by atoms with Crippen LogP contribution in [0.25, 0.3) is 6.08 Å². The summed E-state index contributed by atoms with van der Waals surface area (Å²) < 4.78 is 1.29. The highest BCUT2D eigenvalue weighted by Crippen LogP contribution is 2.40. The van der Waals surface area contributed by atoms with Crippen LogP contribution < -0.4 is 0 Å². The molecule has 2 fully saturated rings. The first-order chi connectivity index (χ1) is 11.3. The standard InChI is InChI=1S/C20H22OS2/c21-19-17(12-6-10-16-8-2-1-3-9-16)11-4-5-13-18(19)20-22-14-7-15-23-20/h1-3,6,8-10,12H,4-5,7,11,13-15H2/b10-6-,17-12+. The third-order valence-corrected chi connectivity index (χ3v) is 6.79. The second-order valence-corrected chi connectivity index (χ2v) is 8.28. The average molecular weight is 343 g/mol. The third kappa shape index (κ3) is 4.65. The Hall–Kier alpha value is -1.19. The molecule has 0 amide bonds. The highest BCUT2D eigenvalue weighted by Gasteiger charge is 2.23. The molecule has 3 rings (SSSR count). The van der Waals surface area contributed by atoms with Crippen LogP contribution in [0.1, 0.15) is 37.7 Å². The first kappa shape index (κ1) is 16.7. The fraction of sp³-hybridized carbons (Fsp3) is 0.350. The van der Waals surface area contributed by atoms with Crippen molar-refractivity contribution in [3.05, 3.63) is 63.4 Å². The van der Waals surface area contributed by atoms with Gasteiger partial charge in [-0.05, 0) is 54.7 Å². The van der Waals surface area contributed by atoms with E-state index in [0.717, 1.165) is 48.3 Å². The van der Waals surface area contributed by atoms with Gasteiger partial charge >= 0.3 is 0 Å². The van der Waals surface area contributed by atoms with Crippen LogP contribution in [0.3, 0.4) is 0 Å². The van der Waals surface area contributed by atoms with Gasteiger partial charge in [0.05, 0.1) is 0 Å². The predicted octanol–water partition coefficient (Wildman–Crippen LogP) is 5.85. The zero-order valence-corrected chi connectivity index (χ0v) is 14.9. The van der Waals surface area contributed by atoms with Gasteiger partial charge in [0.1, 0.15) is 0 Å². The van der Waals surface area contributed by atoms with Crippen molar-refractivity contribution in [2.75, 3.05) is 11.5 Å². The van der Waals surface area contributed by atoms with Crippen molar-refractivity contribution in [1.29, 1.82) is 0 Å². The average Bonchev–Trinajstić information content (AvgIpc) is 2.79. The minimum atomic E-state index is 0.289. The number of ketones is 1. The summed E-state index contributed by atoms with van der Waals surface area (Å²) >= 11 is 3.76.